The lowest BCUT2D eigenvalue weighted by Gasteiger charge is -2.35. The molecular weight excluding hydrogens is 430 g/mol. The first-order valence-electron chi connectivity index (χ1n) is 11.7. The van der Waals surface area contributed by atoms with Gasteiger partial charge < -0.3 is 15.4 Å². The third kappa shape index (κ3) is 5.47. The Bertz CT molecular complexity index is 1050. The minimum Gasteiger partial charge on any atom is -0.466 e. The number of nitrogens with zero attached hydrogens (tertiary/aromatic N) is 1. The monoisotopic (exact) mass is 463 g/mol. The van der Waals surface area contributed by atoms with Crippen LogP contribution in [-0.4, -0.2) is 36.5 Å². The number of benzene rings is 2. The largest absolute Gasteiger partial charge is 0.466 e. The van der Waals surface area contributed by atoms with Crippen LogP contribution < -0.4 is 10.6 Å². The number of unbranched alkanes of at least 4 members (excludes halogenated alkanes) is 1. The SMILES string of the molecule is CCCCN1C(=O)NC(c2ccc(NC(=O)C(CC)c3ccccc3)cc2)C(C(=O)OC)=C1C. The van der Waals surface area contributed by atoms with E-state index in [0.29, 0.717) is 29.9 Å². The molecule has 2 N–H and O–H groups in total. The van der Waals surface area contributed by atoms with Gasteiger partial charge in [0.1, 0.15) is 0 Å². The van der Waals surface area contributed by atoms with Crippen LogP contribution >= 0.6 is 0 Å². The van der Waals surface area contributed by atoms with Gasteiger partial charge in [0.05, 0.1) is 24.6 Å². The molecule has 1 heterocycles. The number of allylic oxidation sites excluding steroid dienone is 1. The molecule has 180 valence electrons. The zero-order chi connectivity index (χ0) is 24.7. The number of ether oxygens (including phenoxy) is 1. The first-order valence-corrected chi connectivity index (χ1v) is 11.7. The number of methoxy groups -OCH3 is 1. The highest BCUT2D eigenvalue weighted by Gasteiger charge is 2.36. The molecule has 34 heavy (non-hydrogen) atoms. The second-order valence-electron chi connectivity index (χ2n) is 8.36. The number of esters is 1. The van der Waals surface area contributed by atoms with Gasteiger partial charge in [-0.1, -0.05) is 62.7 Å². The summed E-state index contributed by atoms with van der Waals surface area (Å²) in [5.41, 5.74) is 3.36. The quantitative estimate of drug-likeness (QED) is 0.505. The standard InChI is InChI=1S/C27H33N3O4/c1-5-7-17-30-18(3)23(26(32)34-4)24(29-27(30)33)20-13-15-21(16-14-20)28-25(31)22(6-2)19-11-9-8-10-12-19/h8-16,22,24H,5-7,17H2,1-4H3,(H,28,31)(H,29,33). The Labute approximate surface area is 201 Å². The fourth-order valence-corrected chi connectivity index (χ4v) is 4.24. The molecule has 0 spiro atoms. The zero-order valence-corrected chi connectivity index (χ0v) is 20.3. The smallest absolute Gasteiger partial charge is 0.337 e. The van der Waals surface area contributed by atoms with Crippen molar-refractivity contribution in [2.45, 2.75) is 52.0 Å². The summed E-state index contributed by atoms with van der Waals surface area (Å²) in [5.74, 6) is -0.802. The Morgan fingerprint density at radius 2 is 1.76 bits per heavy atom. The van der Waals surface area contributed by atoms with Gasteiger partial charge in [-0.3, -0.25) is 9.69 Å². The maximum atomic E-state index is 12.9. The van der Waals surface area contributed by atoms with E-state index in [4.69, 9.17) is 4.74 Å². The van der Waals surface area contributed by atoms with Gasteiger partial charge in [0, 0.05) is 17.9 Å². The number of amides is 3. The first-order chi connectivity index (χ1) is 16.4. The molecule has 0 bridgehead atoms. The van der Waals surface area contributed by atoms with Crippen LogP contribution in [0.1, 0.15) is 63.1 Å². The highest BCUT2D eigenvalue weighted by Crippen LogP contribution is 2.32. The maximum absolute atomic E-state index is 12.9. The summed E-state index contributed by atoms with van der Waals surface area (Å²) in [5, 5.41) is 5.91. The highest BCUT2D eigenvalue weighted by atomic mass is 16.5. The molecule has 1 aliphatic rings. The normalized spacial score (nSPS) is 16.6. The molecule has 0 aromatic heterocycles. The van der Waals surface area contributed by atoms with Crippen molar-refractivity contribution in [3.63, 3.8) is 0 Å². The van der Waals surface area contributed by atoms with Crippen molar-refractivity contribution in [1.82, 2.24) is 10.2 Å². The number of nitrogens with one attached hydrogen (secondary N) is 2. The molecule has 2 aromatic rings. The first kappa shape index (κ1) is 25.0. The lowest BCUT2D eigenvalue weighted by Crippen LogP contribution is -2.48. The second kappa shape index (κ2) is 11.5. The molecule has 2 aromatic carbocycles. The summed E-state index contributed by atoms with van der Waals surface area (Å²) in [6.07, 6.45) is 2.45. The summed E-state index contributed by atoms with van der Waals surface area (Å²) in [6.45, 7) is 6.34. The lowest BCUT2D eigenvalue weighted by atomic mass is 9.94. The minimum atomic E-state index is -0.629. The van der Waals surface area contributed by atoms with Gasteiger partial charge in [-0.05, 0) is 43.0 Å². The number of anilines is 1. The Morgan fingerprint density at radius 1 is 1.09 bits per heavy atom. The average molecular weight is 464 g/mol. The summed E-state index contributed by atoms with van der Waals surface area (Å²) in [7, 11) is 1.34. The van der Waals surface area contributed by atoms with E-state index in [1.807, 2.05) is 56.3 Å². The molecule has 3 amide bonds. The minimum absolute atomic E-state index is 0.0787. The molecule has 0 aliphatic carbocycles. The molecule has 0 fully saturated rings. The number of hydrogen-bond acceptors (Lipinski definition) is 4. The Balaban J connectivity index is 1.82. The van der Waals surface area contributed by atoms with E-state index in [0.717, 1.165) is 24.0 Å². The van der Waals surface area contributed by atoms with Gasteiger partial charge in [0.25, 0.3) is 0 Å². The van der Waals surface area contributed by atoms with E-state index in [-0.39, 0.29) is 17.9 Å². The van der Waals surface area contributed by atoms with Crippen LogP contribution in [0.15, 0.2) is 65.9 Å². The van der Waals surface area contributed by atoms with Gasteiger partial charge in [0.15, 0.2) is 0 Å². The maximum Gasteiger partial charge on any atom is 0.337 e. The van der Waals surface area contributed by atoms with Crippen LogP contribution in [0.25, 0.3) is 0 Å². The van der Waals surface area contributed by atoms with Crippen LogP contribution in [0.3, 0.4) is 0 Å². The number of carbonyl (C=O) groups is 3. The number of rotatable bonds is 9. The predicted octanol–water partition coefficient (Wildman–Crippen LogP) is 5.13. The fraction of sp³-hybridized carbons (Fsp3) is 0.370. The van der Waals surface area contributed by atoms with Crippen molar-refractivity contribution in [3.8, 4) is 0 Å². The van der Waals surface area contributed by atoms with Crippen molar-refractivity contribution in [3.05, 3.63) is 77.0 Å². The molecule has 7 heteroatoms. The molecule has 0 saturated carbocycles. The van der Waals surface area contributed by atoms with Gasteiger partial charge in [-0.15, -0.1) is 0 Å². The molecule has 2 atom stereocenters. The summed E-state index contributed by atoms with van der Waals surface area (Å²) in [6, 6.07) is 16.0. The third-order valence-electron chi connectivity index (χ3n) is 6.18. The molecule has 0 radical (unpaired) electrons. The van der Waals surface area contributed by atoms with Crippen molar-refractivity contribution >= 4 is 23.6 Å². The molecule has 0 saturated heterocycles. The van der Waals surface area contributed by atoms with E-state index < -0.39 is 12.0 Å². The number of carbonyl (C=O) groups excluding carboxylic acids is 3. The van der Waals surface area contributed by atoms with Crippen molar-refractivity contribution in [2.24, 2.45) is 0 Å². The summed E-state index contributed by atoms with van der Waals surface area (Å²) >= 11 is 0. The van der Waals surface area contributed by atoms with E-state index in [1.54, 1.807) is 24.0 Å². The van der Waals surface area contributed by atoms with Crippen molar-refractivity contribution in [1.29, 1.82) is 0 Å². The van der Waals surface area contributed by atoms with E-state index in [1.165, 1.54) is 7.11 Å². The summed E-state index contributed by atoms with van der Waals surface area (Å²) in [4.78, 5) is 39.9. The molecule has 2 unspecified atom stereocenters. The van der Waals surface area contributed by atoms with Gasteiger partial charge in [0.2, 0.25) is 5.91 Å². The number of hydrogen-bond donors (Lipinski definition) is 2. The van der Waals surface area contributed by atoms with E-state index in [9.17, 15) is 14.4 Å². The molecule has 7 nitrogen and oxygen atoms in total. The van der Waals surface area contributed by atoms with Crippen molar-refractivity contribution < 1.29 is 19.1 Å². The molecule has 1 aliphatic heterocycles. The zero-order valence-electron chi connectivity index (χ0n) is 20.3. The topological polar surface area (TPSA) is 87.7 Å². The average Bonchev–Trinajstić information content (AvgIpc) is 2.85. The second-order valence-corrected chi connectivity index (χ2v) is 8.36. The van der Waals surface area contributed by atoms with Gasteiger partial charge in [-0.25, -0.2) is 9.59 Å². The van der Waals surface area contributed by atoms with Crippen LogP contribution in [0.5, 0.6) is 0 Å². The molecule has 3 rings (SSSR count). The Hall–Kier alpha value is -3.61. The summed E-state index contributed by atoms with van der Waals surface area (Å²) < 4.78 is 5.03. The Morgan fingerprint density at radius 3 is 2.35 bits per heavy atom. The van der Waals surface area contributed by atoms with E-state index >= 15 is 0 Å². The van der Waals surface area contributed by atoms with Crippen LogP contribution in [0.2, 0.25) is 0 Å². The highest BCUT2D eigenvalue weighted by molar-refractivity contribution is 5.96. The Kier molecular flexibility index (Phi) is 8.46. The van der Waals surface area contributed by atoms with Gasteiger partial charge in [-0.2, -0.15) is 0 Å². The molecular formula is C27H33N3O4. The fourth-order valence-electron chi connectivity index (χ4n) is 4.24. The van der Waals surface area contributed by atoms with Crippen LogP contribution in [0, 0.1) is 0 Å². The lowest BCUT2D eigenvalue weighted by molar-refractivity contribution is -0.136. The van der Waals surface area contributed by atoms with Crippen molar-refractivity contribution in [2.75, 3.05) is 19.0 Å². The van der Waals surface area contributed by atoms with Crippen LogP contribution in [-0.2, 0) is 14.3 Å². The predicted molar refractivity (Wildman–Crippen MR) is 132 cm³/mol. The number of urea groups is 1. The van der Waals surface area contributed by atoms with Crippen LogP contribution in [0.4, 0.5) is 10.5 Å². The van der Waals surface area contributed by atoms with E-state index in [2.05, 4.69) is 10.6 Å². The third-order valence-corrected chi connectivity index (χ3v) is 6.18. The van der Waals surface area contributed by atoms with Gasteiger partial charge >= 0.3 is 12.0 Å².